The second-order valence-electron chi connectivity index (χ2n) is 7.66. The lowest BCUT2D eigenvalue weighted by molar-refractivity contribution is -0.0753. The topological polar surface area (TPSA) is 88.5 Å². The van der Waals surface area contributed by atoms with Crippen molar-refractivity contribution in [2.24, 2.45) is 4.40 Å². The molecule has 0 unspecified atom stereocenters. The van der Waals surface area contributed by atoms with Crippen LogP contribution in [0.1, 0.15) is 15.2 Å². The fourth-order valence-corrected chi connectivity index (χ4v) is 5.48. The molecule has 0 N–H and O–H groups in total. The second-order valence-corrected chi connectivity index (χ2v) is 10.3. The van der Waals surface area contributed by atoms with Crippen LogP contribution >= 0.6 is 11.3 Å². The summed E-state index contributed by atoms with van der Waals surface area (Å²) in [5.41, 5.74) is 3.30. The van der Waals surface area contributed by atoms with Crippen LogP contribution in [0.3, 0.4) is 0 Å². The third kappa shape index (κ3) is 5.30. The van der Waals surface area contributed by atoms with E-state index in [9.17, 15) is 13.2 Å². The maximum atomic E-state index is 13.1. The number of amides is 1. The average molecular weight is 502 g/mol. The molecule has 2 aromatic carbocycles. The molecule has 0 spiro atoms. The Bertz CT molecular complexity index is 1300. The number of hydroxylamine groups is 2. The summed E-state index contributed by atoms with van der Waals surface area (Å²) in [6, 6.07) is 14.0. The van der Waals surface area contributed by atoms with Crippen LogP contribution in [-0.2, 0) is 14.9 Å². The maximum absolute atomic E-state index is 13.1. The highest BCUT2D eigenvalue weighted by Crippen LogP contribution is 2.43. The van der Waals surface area contributed by atoms with Crippen LogP contribution in [0.15, 0.2) is 57.8 Å². The third-order valence-corrected chi connectivity index (χ3v) is 7.68. The monoisotopic (exact) mass is 501 g/mol. The molecule has 8 nitrogen and oxygen atoms in total. The van der Waals surface area contributed by atoms with E-state index in [0.717, 1.165) is 32.9 Å². The minimum absolute atomic E-state index is 0.0690. The quantitative estimate of drug-likeness (QED) is 0.260. The van der Waals surface area contributed by atoms with Crippen molar-refractivity contribution in [1.29, 1.82) is 0 Å². The van der Waals surface area contributed by atoms with E-state index in [2.05, 4.69) is 4.40 Å². The number of nitrogens with zero attached hydrogens (tertiary/aromatic N) is 3. The number of carbonyl (C=O) groups excluding carboxylic acids is 1. The summed E-state index contributed by atoms with van der Waals surface area (Å²) in [6.07, 6.45) is 1.24. The van der Waals surface area contributed by atoms with Crippen molar-refractivity contribution in [2.75, 3.05) is 35.4 Å². The summed E-state index contributed by atoms with van der Waals surface area (Å²) in [5, 5.41) is 1.17. The molecule has 34 heavy (non-hydrogen) atoms. The zero-order chi connectivity index (χ0) is 25.0. The normalized spacial score (nSPS) is 11.6. The Morgan fingerprint density at radius 2 is 1.56 bits per heavy atom. The van der Waals surface area contributed by atoms with Gasteiger partial charge in [0.1, 0.15) is 17.0 Å². The van der Waals surface area contributed by atoms with Gasteiger partial charge in [0.05, 0.1) is 19.1 Å². The SMILES string of the molecule is COc1ccc(-c2sc(C(=O)N(C)OC)c(-c3ccc(S(=O)(=O)N=CN(C)C)cc3)c2C)cc1. The van der Waals surface area contributed by atoms with Gasteiger partial charge in [0.25, 0.3) is 15.9 Å². The lowest BCUT2D eigenvalue weighted by Gasteiger charge is -2.14. The number of ether oxygens (including phenoxy) is 1. The fraction of sp³-hybridized carbons (Fsp3) is 0.250. The van der Waals surface area contributed by atoms with Gasteiger partial charge >= 0.3 is 0 Å². The van der Waals surface area contributed by atoms with Crippen LogP contribution in [0, 0.1) is 6.92 Å². The Kier molecular flexibility index (Phi) is 7.75. The lowest BCUT2D eigenvalue weighted by atomic mass is 9.98. The molecular weight excluding hydrogens is 474 g/mol. The number of hydrogen-bond acceptors (Lipinski definition) is 6. The number of methoxy groups -OCH3 is 1. The number of hydrogen-bond donors (Lipinski definition) is 0. The van der Waals surface area contributed by atoms with Crippen LogP contribution in [0.4, 0.5) is 0 Å². The predicted molar refractivity (Wildman–Crippen MR) is 135 cm³/mol. The summed E-state index contributed by atoms with van der Waals surface area (Å²) < 4.78 is 33.9. The second kappa shape index (κ2) is 10.4. The number of rotatable bonds is 8. The number of thiophene rings is 1. The lowest BCUT2D eigenvalue weighted by Crippen LogP contribution is -2.25. The zero-order valence-electron chi connectivity index (χ0n) is 19.9. The van der Waals surface area contributed by atoms with Crippen LogP contribution in [0.25, 0.3) is 21.6 Å². The molecular formula is C24H27N3O5S2. The van der Waals surface area contributed by atoms with Crippen molar-refractivity contribution in [3.8, 4) is 27.3 Å². The Morgan fingerprint density at radius 3 is 2.09 bits per heavy atom. The molecule has 0 bridgehead atoms. The van der Waals surface area contributed by atoms with Gasteiger partial charge < -0.3 is 9.64 Å². The largest absolute Gasteiger partial charge is 0.497 e. The van der Waals surface area contributed by atoms with Crippen LogP contribution < -0.4 is 4.74 Å². The van der Waals surface area contributed by atoms with Crippen molar-refractivity contribution >= 4 is 33.6 Å². The van der Waals surface area contributed by atoms with Gasteiger partial charge in [-0.1, -0.05) is 12.1 Å². The van der Waals surface area contributed by atoms with E-state index in [1.807, 2.05) is 31.2 Å². The molecule has 3 rings (SSSR count). The van der Waals surface area contributed by atoms with E-state index in [1.54, 1.807) is 45.3 Å². The molecule has 1 amide bonds. The first-order chi connectivity index (χ1) is 16.1. The van der Waals surface area contributed by atoms with Crippen molar-refractivity contribution in [1.82, 2.24) is 9.96 Å². The fourth-order valence-electron chi connectivity index (χ4n) is 3.27. The molecule has 0 aliphatic heterocycles. The first-order valence-electron chi connectivity index (χ1n) is 10.3. The Morgan fingerprint density at radius 1 is 0.971 bits per heavy atom. The summed E-state index contributed by atoms with van der Waals surface area (Å²) >= 11 is 1.36. The minimum atomic E-state index is -3.83. The summed E-state index contributed by atoms with van der Waals surface area (Å²) in [5.74, 6) is 0.444. The first-order valence-corrected chi connectivity index (χ1v) is 12.5. The minimum Gasteiger partial charge on any atom is -0.497 e. The summed E-state index contributed by atoms with van der Waals surface area (Å²) in [4.78, 5) is 21.3. The first kappa shape index (κ1) is 25.4. The van der Waals surface area contributed by atoms with E-state index in [4.69, 9.17) is 9.57 Å². The van der Waals surface area contributed by atoms with Crippen LogP contribution in [0.5, 0.6) is 5.75 Å². The number of carbonyl (C=O) groups is 1. The van der Waals surface area contributed by atoms with Crippen molar-refractivity contribution in [3.63, 3.8) is 0 Å². The molecule has 0 saturated carbocycles. The smallest absolute Gasteiger partial charge is 0.287 e. The highest BCUT2D eigenvalue weighted by Gasteiger charge is 2.25. The van der Waals surface area contributed by atoms with E-state index in [0.29, 0.717) is 4.88 Å². The third-order valence-electron chi connectivity index (χ3n) is 5.11. The Labute approximate surface area is 204 Å². The molecule has 1 aromatic heterocycles. The van der Waals surface area contributed by atoms with Gasteiger partial charge in [0.2, 0.25) is 0 Å². The van der Waals surface area contributed by atoms with E-state index in [-0.39, 0.29) is 10.8 Å². The van der Waals surface area contributed by atoms with Crippen molar-refractivity contribution in [2.45, 2.75) is 11.8 Å². The van der Waals surface area contributed by atoms with E-state index >= 15 is 0 Å². The van der Waals surface area contributed by atoms with Crippen LogP contribution in [-0.4, -0.2) is 66.0 Å². The van der Waals surface area contributed by atoms with Gasteiger partial charge in [-0.2, -0.15) is 8.42 Å². The van der Waals surface area contributed by atoms with Gasteiger partial charge in [0, 0.05) is 31.6 Å². The Balaban J connectivity index is 2.12. The van der Waals surface area contributed by atoms with Crippen molar-refractivity contribution in [3.05, 3.63) is 59.0 Å². The van der Waals surface area contributed by atoms with Gasteiger partial charge in [-0.15, -0.1) is 15.7 Å². The maximum Gasteiger partial charge on any atom is 0.287 e. The molecule has 0 aliphatic carbocycles. The Hall–Kier alpha value is -3.21. The summed E-state index contributed by atoms with van der Waals surface area (Å²) in [6.45, 7) is 1.95. The van der Waals surface area contributed by atoms with Gasteiger partial charge in [0.15, 0.2) is 0 Å². The van der Waals surface area contributed by atoms with Crippen LogP contribution in [0.2, 0.25) is 0 Å². The molecule has 180 valence electrons. The molecule has 0 radical (unpaired) electrons. The molecule has 0 saturated heterocycles. The predicted octanol–water partition coefficient (Wildman–Crippen LogP) is 4.31. The number of sulfonamides is 1. The van der Waals surface area contributed by atoms with Gasteiger partial charge in [-0.3, -0.25) is 9.63 Å². The van der Waals surface area contributed by atoms with Crippen molar-refractivity contribution < 1.29 is 22.8 Å². The molecule has 0 fully saturated rings. The molecule has 3 aromatic rings. The molecule has 1 heterocycles. The molecule has 0 atom stereocenters. The molecule has 10 heteroatoms. The van der Waals surface area contributed by atoms with E-state index < -0.39 is 10.0 Å². The van der Waals surface area contributed by atoms with Gasteiger partial charge in [-0.25, -0.2) is 5.06 Å². The zero-order valence-corrected chi connectivity index (χ0v) is 21.5. The highest BCUT2D eigenvalue weighted by atomic mass is 32.2. The highest BCUT2D eigenvalue weighted by molar-refractivity contribution is 7.90. The average Bonchev–Trinajstić information content (AvgIpc) is 3.18. The standard InChI is InChI=1S/C24H27N3O5S2/c1-16-21(17-9-13-20(14-10-17)34(29,30)25-15-26(2)3)23(24(28)27(4)32-6)33-22(16)18-7-11-19(31-5)12-8-18/h7-15H,1-6H3. The molecule has 0 aliphatic rings. The number of benzene rings is 2. The van der Waals surface area contributed by atoms with Gasteiger partial charge in [-0.05, 0) is 60.0 Å². The summed E-state index contributed by atoms with van der Waals surface area (Å²) in [7, 11) is 4.14. The van der Waals surface area contributed by atoms with E-state index in [1.165, 1.54) is 42.0 Å².